The molecular weight excluding hydrogens is 438 g/mol. The quantitative estimate of drug-likeness (QED) is 0.238. The third kappa shape index (κ3) is 5.31. The molecule has 0 aliphatic heterocycles. The van der Waals surface area contributed by atoms with E-state index in [1.807, 2.05) is 72.8 Å². The summed E-state index contributed by atoms with van der Waals surface area (Å²) in [6, 6.07) is 29.0. The molecule has 0 atom stereocenters. The van der Waals surface area contributed by atoms with Gasteiger partial charge in [0, 0.05) is 23.5 Å². The van der Waals surface area contributed by atoms with Crippen LogP contribution in [0.4, 0.5) is 17.1 Å². The van der Waals surface area contributed by atoms with Gasteiger partial charge in [-0.15, -0.1) is 0 Å². The Morgan fingerprint density at radius 1 is 0.879 bits per heavy atom. The van der Waals surface area contributed by atoms with Gasteiger partial charge in [-0.05, 0) is 59.4 Å². The van der Waals surface area contributed by atoms with Crippen LogP contribution in [0.3, 0.4) is 0 Å². The molecule has 7 nitrogen and oxygen atoms in total. The number of rotatable bonds is 6. The average molecular weight is 458 g/mol. The highest BCUT2D eigenvalue weighted by Gasteiger charge is 2.18. The maximum atomic E-state index is 12.5. The number of ether oxygens (including phenoxy) is 1. The fourth-order valence-electron chi connectivity index (χ4n) is 3.30. The van der Waals surface area contributed by atoms with Crippen LogP contribution in [-0.4, -0.2) is 22.5 Å². The first-order valence-electron chi connectivity index (χ1n) is 10.1. The number of anilines is 2. The monoisotopic (exact) mass is 457 g/mol. The Morgan fingerprint density at radius 3 is 2.24 bits per heavy atom. The third-order valence-electron chi connectivity index (χ3n) is 4.87. The number of nitrogens with zero attached hydrogens (tertiary/aromatic N) is 2. The summed E-state index contributed by atoms with van der Waals surface area (Å²) >= 11 is 5.58. The minimum absolute atomic E-state index is 0.0538. The first kappa shape index (κ1) is 21.9. The molecular formula is C25H19N3O4S. The zero-order valence-electron chi connectivity index (χ0n) is 17.4. The van der Waals surface area contributed by atoms with Gasteiger partial charge in [-0.2, -0.15) is 0 Å². The molecule has 0 saturated heterocycles. The molecule has 4 aromatic carbocycles. The van der Waals surface area contributed by atoms with Crippen molar-refractivity contribution in [3.8, 4) is 5.75 Å². The molecule has 0 aliphatic carbocycles. The summed E-state index contributed by atoms with van der Waals surface area (Å²) in [4.78, 5) is 24.6. The van der Waals surface area contributed by atoms with E-state index in [0.29, 0.717) is 5.75 Å². The lowest BCUT2D eigenvalue weighted by Gasteiger charge is -2.26. The van der Waals surface area contributed by atoms with Gasteiger partial charge in [-0.1, -0.05) is 48.5 Å². The highest BCUT2D eigenvalue weighted by atomic mass is 32.1. The lowest BCUT2D eigenvalue weighted by molar-refractivity contribution is -0.384. The van der Waals surface area contributed by atoms with E-state index in [-0.39, 0.29) is 17.4 Å². The van der Waals surface area contributed by atoms with Gasteiger partial charge in [0.15, 0.2) is 11.7 Å². The molecule has 0 saturated carbocycles. The van der Waals surface area contributed by atoms with Crippen molar-refractivity contribution in [1.29, 1.82) is 0 Å². The van der Waals surface area contributed by atoms with E-state index in [4.69, 9.17) is 17.0 Å². The number of thiocarbonyl (C=S) groups is 1. The second kappa shape index (κ2) is 9.88. The normalized spacial score (nSPS) is 10.4. The third-order valence-corrected chi connectivity index (χ3v) is 5.16. The van der Waals surface area contributed by atoms with Crippen LogP contribution < -0.4 is 15.0 Å². The standard InChI is InChI=1S/C25H19N3O4S/c29-24(17-32-23-14-12-21(13-15-23)28(30)31)26-25(33)27(20-8-2-1-3-9-20)22-11-10-18-6-4-5-7-19(18)16-22/h1-16H,17H2,(H,26,29,33). The van der Waals surface area contributed by atoms with Crippen LogP contribution in [-0.2, 0) is 4.79 Å². The number of carbonyl (C=O) groups is 1. The molecule has 0 radical (unpaired) electrons. The predicted octanol–water partition coefficient (Wildman–Crippen LogP) is 5.37. The van der Waals surface area contributed by atoms with Gasteiger partial charge >= 0.3 is 0 Å². The van der Waals surface area contributed by atoms with Crippen molar-refractivity contribution in [2.45, 2.75) is 0 Å². The number of nitrogens with one attached hydrogen (secondary N) is 1. The zero-order chi connectivity index (χ0) is 23.2. The summed E-state index contributed by atoms with van der Waals surface area (Å²) in [6.07, 6.45) is 0. The second-order valence-corrected chi connectivity index (χ2v) is 7.48. The smallest absolute Gasteiger partial charge is 0.269 e. The van der Waals surface area contributed by atoms with Crippen LogP contribution in [0.5, 0.6) is 5.75 Å². The molecule has 0 spiro atoms. The summed E-state index contributed by atoms with van der Waals surface area (Å²) in [7, 11) is 0. The van der Waals surface area contributed by atoms with Crippen LogP contribution in [0.15, 0.2) is 97.1 Å². The number of amides is 1. The summed E-state index contributed by atoms with van der Waals surface area (Å²) in [5.41, 5.74) is 1.55. The molecule has 1 N–H and O–H groups in total. The van der Waals surface area contributed by atoms with Crippen molar-refractivity contribution < 1.29 is 14.5 Å². The molecule has 33 heavy (non-hydrogen) atoms. The summed E-state index contributed by atoms with van der Waals surface area (Å²) in [5, 5.41) is 15.8. The van der Waals surface area contributed by atoms with E-state index < -0.39 is 10.8 Å². The summed E-state index contributed by atoms with van der Waals surface area (Å²) in [5.74, 6) is -0.101. The number of carbonyl (C=O) groups excluding carboxylic acids is 1. The number of benzene rings is 4. The second-order valence-electron chi connectivity index (χ2n) is 7.10. The van der Waals surface area contributed by atoms with E-state index in [2.05, 4.69) is 5.32 Å². The Kier molecular flexibility index (Phi) is 6.56. The number of fused-ring (bicyclic) bond motifs is 1. The van der Waals surface area contributed by atoms with Gasteiger partial charge < -0.3 is 4.74 Å². The Balaban J connectivity index is 1.50. The molecule has 0 aromatic heterocycles. The van der Waals surface area contributed by atoms with Gasteiger partial charge in [0.2, 0.25) is 0 Å². The lowest BCUT2D eigenvalue weighted by Crippen LogP contribution is -2.42. The number of nitro groups is 1. The Hall–Kier alpha value is -4.30. The predicted molar refractivity (Wildman–Crippen MR) is 132 cm³/mol. The Morgan fingerprint density at radius 2 is 1.55 bits per heavy atom. The fraction of sp³-hybridized carbons (Fsp3) is 0.0400. The van der Waals surface area contributed by atoms with Crippen LogP contribution in [0.2, 0.25) is 0 Å². The van der Waals surface area contributed by atoms with Gasteiger partial charge in [-0.3, -0.25) is 25.1 Å². The lowest BCUT2D eigenvalue weighted by atomic mass is 10.1. The molecule has 1 amide bonds. The number of hydrogen-bond donors (Lipinski definition) is 1. The highest BCUT2D eigenvalue weighted by molar-refractivity contribution is 7.80. The largest absolute Gasteiger partial charge is 0.484 e. The van der Waals surface area contributed by atoms with Crippen LogP contribution in [0.1, 0.15) is 0 Å². The summed E-state index contributed by atoms with van der Waals surface area (Å²) < 4.78 is 5.44. The SMILES string of the molecule is O=C(COc1ccc([N+](=O)[O-])cc1)NC(=S)N(c1ccccc1)c1ccc2ccccc2c1. The van der Waals surface area contributed by atoms with Crippen LogP contribution >= 0.6 is 12.2 Å². The number of nitro benzene ring substituents is 1. The van der Waals surface area contributed by atoms with Crippen molar-refractivity contribution >= 4 is 51.1 Å². The fourth-order valence-corrected chi connectivity index (χ4v) is 3.63. The number of non-ortho nitro benzene ring substituents is 1. The van der Waals surface area contributed by atoms with Crippen molar-refractivity contribution in [1.82, 2.24) is 5.32 Å². The maximum absolute atomic E-state index is 12.5. The van der Waals surface area contributed by atoms with Gasteiger partial charge in [0.1, 0.15) is 5.75 Å². The summed E-state index contributed by atoms with van der Waals surface area (Å²) in [6.45, 7) is -0.293. The van der Waals surface area contributed by atoms with E-state index in [1.54, 1.807) is 4.90 Å². The van der Waals surface area contributed by atoms with Crippen LogP contribution in [0.25, 0.3) is 10.8 Å². The zero-order valence-corrected chi connectivity index (χ0v) is 18.2. The average Bonchev–Trinajstić information content (AvgIpc) is 2.84. The van der Waals surface area contributed by atoms with Crippen molar-refractivity contribution in [3.63, 3.8) is 0 Å². The topological polar surface area (TPSA) is 84.7 Å². The molecule has 0 heterocycles. The van der Waals surface area contributed by atoms with E-state index in [9.17, 15) is 14.9 Å². The van der Waals surface area contributed by atoms with Crippen molar-refractivity contribution in [2.75, 3.05) is 11.5 Å². The van der Waals surface area contributed by atoms with E-state index in [0.717, 1.165) is 22.1 Å². The molecule has 4 rings (SSSR count). The molecule has 4 aromatic rings. The first-order chi connectivity index (χ1) is 16.0. The maximum Gasteiger partial charge on any atom is 0.269 e. The van der Waals surface area contributed by atoms with E-state index >= 15 is 0 Å². The van der Waals surface area contributed by atoms with E-state index in [1.165, 1.54) is 24.3 Å². The molecule has 0 bridgehead atoms. The van der Waals surface area contributed by atoms with Gasteiger partial charge in [-0.25, -0.2) is 0 Å². The minimum Gasteiger partial charge on any atom is -0.484 e. The Bertz CT molecular complexity index is 1310. The van der Waals surface area contributed by atoms with Crippen LogP contribution in [0, 0.1) is 10.1 Å². The molecule has 164 valence electrons. The van der Waals surface area contributed by atoms with Gasteiger partial charge in [0.25, 0.3) is 11.6 Å². The first-order valence-corrected chi connectivity index (χ1v) is 10.5. The molecule has 8 heteroatoms. The van der Waals surface area contributed by atoms with Gasteiger partial charge in [0.05, 0.1) is 4.92 Å². The minimum atomic E-state index is -0.500. The number of hydrogen-bond acceptors (Lipinski definition) is 5. The van der Waals surface area contributed by atoms with Crippen molar-refractivity contribution in [3.05, 3.63) is 107 Å². The molecule has 0 aliphatic rings. The molecule has 0 fully saturated rings. The van der Waals surface area contributed by atoms with Crippen molar-refractivity contribution in [2.24, 2.45) is 0 Å². The Labute approximate surface area is 195 Å². The highest BCUT2D eigenvalue weighted by Crippen LogP contribution is 2.28. The molecule has 0 unspecified atom stereocenters. The number of para-hydroxylation sites is 1.